The van der Waals surface area contributed by atoms with Crippen molar-refractivity contribution in [2.75, 3.05) is 45.8 Å². The van der Waals surface area contributed by atoms with Crippen LogP contribution in [0.15, 0.2) is 17.6 Å². The molecule has 2 N–H and O–H groups in total. The number of carbonyl (C=O) groups is 2. The fraction of sp³-hybridized carbons (Fsp3) is 0.619. The van der Waals surface area contributed by atoms with Crippen molar-refractivity contribution in [1.29, 1.82) is 0 Å². The van der Waals surface area contributed by atoms with Crippen LogP contribution in [0, 0.1) is 17.8 Å². The molecule has 0 radical (unpaired) electrons. The first kappa shape index (κ1) is 26.7. The predicted octanol–water partition coefficient (Wildman–Crippen LogP) is 0.365. The fourth-order valence-electron chi connectivity index (χ4n) is 2.81. The Balaban J connectivity index is 2.00. The minimum Gasteiger partial charge on any atom is -0.480 e. The molecule has 0 bridgehead atoms. The quantitative estimate of drug-likeness (QED) is 0.455. The highest BCUT2D eigenvalue weighted by molar-refractivity contribution is 7.90. The topological polar surface area (TPSA) is 154 Å². The zero-order chi connectivity index (χ0) is 24.1. The van der Waals surface area contributed by atoms with Gasteiger partial charge in [0, 0.05) is 50.2 Å². The van der Waals surface area contributed by atoms with Gasteiger partial charge in [0.15, 0.2) is 0 Å². The first-order valence-electron chi connectivity index (χ1n) is 10.5. The Morgan fingerprint density at radius 1 is 1.18 bits per heavy atom. The van der Waals surface area contributed by atoms with Crippen molar-refractivity contribution in [1.82, 2.24) is 15.3 Å². The predicted molar refractivity (Wildman–Crippen MR) is 116 cm³/mol. The molecule has 33 heavy (non-hydrogen) atoms. The number of nitrogens with zero attached hydrogens (tertiary/aromatic N) is 2. The van der Waals surface area contributed by atoms with Gasteiger partial charge in [0.25, 0.3) is 0 Å². The number of amides is 1. The van der Waals surface area contributed by atoms with Crippen LogP contribution in [0.4, 0.5) is 0 Å². The molecule has 1 aliphatic rings. The monoisotopic (exact) mass is 483 g/mol. The summed E-state index contributed by atoms with van der Waals surface area (Å²) in [5, 5.41) is 11.7. The van der Waals surface area contributed by atoms with Crippen molar-refractivity contribution in [3.05, 3.63) is 18.0 Å². The van der Waals surface area contributed by atoms with Crippen LogP contribution in [0.25, 0.3) is 0 Å². The third kappa shape index (κ3) is 10.3. The molecule has 182 valence electrons. The van der Waals surface area contributed by atoms with Crippen LogP contribution in [0.1, 0.15) is 37.4 Å². The largest absolute Gasteiger partial charge is 0.480 e. The average Bonchev–Trinajstić information content (AvgIpc) is 2.77. The molecule has 11 nitrogen and oxygen atoms in total. The molecule has 1 aromatic rings. The number of carbonyl (C=O) groups excluding carboxylic acids is 1. The van der Waals surface area contributed by atoms with Crippen molar-refractivity contribution in [2.45, 2.75) is 36.9 Å². The average molecular weight is 484 g/mol. The molecule has 0 saturated heterocycles. The molecule has 0 aromatic carbocycles. The van der Waals surface area contributed by atoms with E-state index in [1.807, 2.05) is 0 Å². The summed E-state index contributed by atoms with van der Waals surface area (Å²) >= 11 is 0. The van der Waals surface area contributed by atoms with Crippen molar-refractivity contribution < 1.29 is 37.3 Å². The number of hydrogen-bond donors (Lipinski definition) is 2. The summed E-state index contributed by atoms with van der Waals surface area (Å²) in [6.07, 6.45) is 4.64. The molecular formula is C21H29N3O8S. The molecule has 0 saturated carbocycles. The van der Waals surface area contributed by atoms with Crippen LogP contribution in [0.3, 0.4) is 0 Å². The van der Waals surface area contributed by atoms with Gasteiger partial charge >= 0.3 is 5.97 Å². The number of aliphatic carboxylic acids is 1. The first-order chi connectivity index (χ1) is 15.8. The fourth-order valence-corrected chi connectivity index (χ4v) is 3.29. The molecule has 0 aliphatic carbocycles. The van der Waals surface area contributed by atoms with Gasteiger partial charge in [-0.15, -0.1) is 5.92 Å². The summed E-state index contributed by atoms with van der Waals surface area (Å²) in [7, 11) is -3.52. The van der Waals surface area contributed by atoms with Crippen molar-refractivity contribution in [3.8, 4) is 11.8 Å². The number of rotatable bonds is 3. The molecule has 1 amide bonds. The van der Waals surface area contributed by atoms with Crippen molar-refractivity contribution >= 4 is 21.7 Å². The molecule has 2 atom stereocenters. The summed E-state index contributed by atoms with van der Waals surface area (Å²) in [6.45, 7) is 1.31. The molecule has 2 unspecified atom stereocenters. The minimum atomic E-state index is -3.52. The van der Waals surface area contributed by atoms with Crippen molar-refractivity contribution in [2.24, 2.45) is 5.92 Å². The normalized spacial score (nSPS) is 22.5. The maximum Gasteiger partial charge on any atom is 0.318 e. The maximum atomic E-state index is 12.0. The zero-order valence-corrected chi connectivity index (χ0v) is 19.3. The van der Waals surface area contributed by atoms with Gasteiger partial charge in [-0.25, -0.2) is 18.4 Å². The van der Waals surface area contributed by atoms with Gasteiger partial charge in [-0.05, 0) is 12.8 Å². The lowest BCUT2D eigenvalue weighted by Crippen LogP contribution is -2.28. The summed E-state index contributed by atoms with van der Waals surface area (Å²) in [6, 6.07) is 0. The first-order valence-corrected chi connectivity index (χ1v) is 12.4. The lowest BCUT2D eigenvalue weighted by Gasteiger charge is -2.18. The van der Waals surface area contributed by atoms with E-state index in [9.17, 15) is 23.1 Å². The Labute approximate surface area is 193 Å². The third-order valence-electron chi connectivity index (χ3n) is 4.57. The lowest BCUT2D eigenvalue weighted by molar-refractivity contribution is -0.140. The van der Waals surface area contributed by atoms with Gasteiger partial charge in [-0.3, -0.25) is 9.59 Å². The summed E-state index contributed by atoms with van der Waals surface area (Å²) in [5.41, 5.74) is 0.530. The highest BCUT2D eigenvalue weighted by Crippen LogP contribution is 2.17. The van der Waals surface area contributed by atoms with E-state index in [0.29, 0.717) is 18.4 Å². The van der Waals surface area contributed by atoms with Crippen molar-refractivity contribution in [3.63, 3.8) is 0 Å². The van der Waals surface area contributed by atoms with E-state index in [2.05, 4.69) is 27.1 Å². The van der Waals surface area contributed by atoms with Crippen LogP contribution in [-0.4, -0.2) is 81.2 Å². The maximum absolute atomic E-state index is 12.0. The molecule has 0 spiro atoms. The zero-order valence-electron chi connectivity index (χ0n) is 18.5. The van der Waals surface area contributed by atoms with Crippen LogP contribution >= 0.6 is 0 Å². The van der Waals surface area contributed by atoms with Crippen LogP contribution in [-0.2, 0) is 33.6 Å². The van der Waals surface area contributed by atoms with E-state index in [1.165, 1.54) is 12.4 Å². The number of ether oxygens (including phenoxy) is 3. The Morgan fingerprint density at radius 2 is 1.91 bits per heavy atom. The Morgan fingerprint density at radius 3 is 2.61 bits per heavy atom. The van der Waals surface area contributed by atoms with Crippen LogP contribution < -0.4 is 5.32 Å². The highest BCUT2D eigenvalue weighted by atomic mass is 32.2. The summed E-state index contributed by atoms with van der Waals surface area (Å²) < 4.78 is 40.0. The van der Waals surface area contributed by atoms with Crippen LogP contribution in [0.2, 0.25) is 0 Å². The second-order valence-corrected chi connectivity index (χ2v) is 9.23. The molecule has 2 rings (SSSR count). The van der Waals surface area contributed by atoms with E-state index < -0.39 is 27.8 Å². The molecule has 1 aliphatic heterocycles. The van der Waals surface area contributed by atoms with Gasteiger partial charge in [0.05, 0.1) is 26.4 Å². The van der Waals surface area contributed by atoms with Gasteiger partial charge in [-0.2, -0.15) is 0 Å². The number of nitrogens with one attached hydrogen (secondary N) is 1. The smallest absolute Gasteiger partial charge is 0.318 e. The molecule has 12 heteroatoms. The molecule has 1 aromatic heterocycles. The van der Waals surface area contributed by atoms with Gasteiger partial charge < -0.3 is 24.6 Å². The van der Waals surface area contributed by atoms with E-state index in [0.717, 1.165) is 6.26 Å². The van der Waals surface area contributed by atoms with Crippen LogP contribution in [0.5, 0.6) is 0 Å². The lowest BCUT2D eigenvalue weighted by atomic mass is 10.1. The minimum absolute atomic E-state index is 0.127. The number of aromatic nitrogens is 2. The van der Waals surface area contributed by atoms with Gasteiger partial charge in [0.1, 0.15) is 12.0 Å². The third-order valence-corrected chi connectivity index (χ3v) is 5.44. The van der Waals surface area contributed by atoms with Gasteiger partial charge in [-0.1, -0.05) is 5.92 Å². The molecular weight excluding hydrogens is 454 g/mol. The standard InChI is InChI=1S/C21H29N3O8S/c1-33(28,29)21-23-13-17(14-24-21)18-15-31-12-11-30-9-7-16(20(26)27)5-3-2-4-6-19(25)22-8-10-32-18/h13-14,16,18H,2,4,6-12,15H2,1H3,(H,22,25)(H,26,27). The second-order valence-electron chi connectivity index (χ2n) is 7.32. The highest BCUT2D eigenvalue weighted by Gasteiger charge is 2.17. The van der Waals surface area contributed by atoms with Gasteiger partial charge in [0.2, 0.25) is 20.9 Å². The summed E-state index contributed by atoms with van der Waals surface area (Å²) in [4.78, 5) is 31.0. The second kappa shape index (κ2) is 13.8. The van der Waals surface area contributed by atoms with E-state index in [4.69, 9.17) is 14.2 Å². The molecule has 0 fully saturated rings. The Kier molecular flexibility index (Phi) is 11.2. The number of hydrogen-bond acceptors (Lipinski definition) is 9. The van der Waals surface area contributed by atoms with E-state index >= 15 is 0 Å². The number of carboxylic acids is 1. The Hall–Kier alpha value is -2.59. The van der Waals surface area contributed by atoms with E-state index in [-0.39, 0.29) is 63.5 Å². The Bertz CT molecular complexity index is 940. The number of sulfone groups is 1. The SMILES string of the molecule is CS(=O)(=O)c1ncc(C2COCCOCCC(C(=O)O)C#CCCCC(=O)NCCO2)cn1. The van der Waals surface area contributed by atoms with E-state index in [1.54, 1.807) is 0 Å². The summed E-state index contributed by atoms with van der Waals surface area (Å²) in [5.74, 6) is 3.56. The molecule has 2 heterocycles. The number of carboxylic acid groups (broad SMARTS) is 1.